The zero-order valence-electron chi connectivity index (χ0n) is 16.1. The highest BCUT2D eigenvalue weighted by atomic mass is 16.5. The number of nitriles is 1. The van der Waals surface area contributed by atoms with Crippen molar-refractivity contribution in [2.24, 2.45) is 0 Å². The van der Waals surface area contributed by atoms with E-state index in [9.17, 15) is 0 Å². The van der Waals surface area contributed by atoms with Crippen LogP contribution >= 0.6 is 0 Å². The molecule has 146 valence electrons. The largest absolute Gasteiger partial charge is 0.457 e. The van der Waals surface area contributed by atoms with E-state index in [0.717, 1.165) is 28.4 Å². The molecule has 1 heterocycles. The molecule has 0 unspecified atom stereocenters. The van der Waals surface area contributed by atoms with Crippen molar-refractivity contribution in [1.29, 1.82) is 5.26 Å². The van der Waals surface area contributed by atoms with E-state index in [-0.39, 0.29) is 0 Å². The van der Waals surface area contributed by atoms with Gasteiger partial charge in [-0.05, 0) is 60.2 Å². The summed E-state index contributed by atoms with van der Waals surface area (Å²) in [5, 5.41) is 15.2. The van der Waals surface area contributed by atoms with Crippen molar-refractivity contribution in [3.8, 4) is 17.6 Å². The summed E-state index contributed by atoms with van der Waals surface area (Å²) >= 11 is 0. The lowest BCUT2D eigenvalue weighted by Crippen LogP contribution is -2.00. The molecule has 0 saturated carbocycles. The minimum atomic E-state index is 0.394. The summed E-state index contributed by atoms with van der Waals surface area (Å²) in [6, 6.07) is 28.9. The number of nitrogens with one attached hydrogen (secondary N) is 2. The molecule has 6 nitrogen and oxygen atoms in total. The number of ether oxygens (including phenoxy) is 1. The summed E-state index contributed by atoms with van der Waals surface area (Å²) in [7, 11) is 0. The molecule has 0 bridgehead atoms. The molecule has 4 aromatic rings. The maximum atomic E-state index is 8.76. The Morgan fingerprint density at radius 3 is 2.17 bits per heavy atom. The van der Waals surface area contributed by atoms with Crippen molar-refractivity contribution in [1.82, 2.24) is 9.97 Å². The second-order valence-electron chi connectivity index (χ2n) is 6.49. The third-order valence-corrected chi connectivity index (χ3v) is 4.25. The van der Waals surface area contributed by atoms with Crippen LogP contribution in [-0.4, -0.2) is 9.97 Å². The number of rotatable bonds is 7. The fraction of sp³-hybridized carbons (Fsp3) is 0.0417. The van der Waals surface area contributed by atoms with Crippen molar-refractivity contribution in [3.05, 3.63) is 96.7 Å². The van der Waals surface area contributed by atoms with Gasteiger partial charge >= 0.3 is 0 Å². The molecule has 0 atom stereocenters. The van der Waals surface area contributed by atoms with Gasteiger partial charge in [0.2, 0.25) is 5.95 Å². The van der Waals surface area contributed by atoms with Crippen LogP contribution in [0.15, 0.2) is 91.1 Å². The van der Waals surface area contributed by atoms with E-state index in [2.05, 4.69) is 26.7 Å². The summed E-state index contributed by atoms with van der Waals surface area (Å²) in [5.41, 5.74) is 2.72. The summed E-state index contributed by atoms with van der Waals surface area (Å²) < 4.78 is 5.81. The minimum absolute atomic E-state index is 0.394. The van der Waals surface area contributed by atoms with E-state index in [1.807, 2.05) is 78.9 Å². The number of para-hydroxylation sites is 1. The molecule has 0 spiro atoms. The van der Waals surface area contributed by atoms with E-state index < -0.39 is 0 Å². The van der Waals surface area contributed by atoms with Crippen molar-refractivity contribution in [2.75, 3.05) is 10.6 Å². The molecule has 0 aliphatic rings. The van der Waals surface area contributed by atoms with Crippen LogP contribution in [-0.2, 0) is 6.42 Å². The molecule has 0 radical (unpaired) electrons. The van der Waals surface area contributed by atoms with Gasteiger partial charge in [0.05, 0.1) is 12.5 Å². The summed E-state index contributed by atoms with van der Waals surface area (Å²) in [4.78, 5) is 8.76. The molecule has 0 aliphatic heterocycles. The maximum Gasteiger partial charge on any atom is 0.229 e. The molecule has 4 rings (SSSR count). The number of hydrogen-bond acceptors (Lipinski definition) is 6. The Hall–Kier alpha value is -4.37. The fourth-order valence-corrected chi connectivity index (χ4v) is 2.79. The first-order valence-electron chi connectivity index (χ1n) is 9.44. The van der Waals surface area contributed by atoms with E-state index in [1.54, 1.807) is 12.3 Å². The van der Waals surface area contributed by atoms with Gasteiger partial charge in [-0.2, -0.15) is 10.2 Å². The predicted octanol–water partition coefficient (Wildman–Crippen LogP) is 5.82. The van der Waals surface area contributed by atoms with Crippen LogP contribution in [0.1, 0.15) is 5.56 Å². The molecule has 6 heteroatoms. The van der Waals surface area contributed by atoms with Crippen LogP contribution in [0.2, 0.25) is 0 Å². The zero-order valence-corrected chi connectivity index (χ0v) is 16.1. The third kappa shape index (κ3) is 5.12. The van der Waals surface area contributed by atoms with Gasteiger partial charge in [0.25, 0.3) is 0 Å². The van der Waals surface area contributed by atoms with Gasteiger partial charge in [0.15, 0.2) is 0 Å². The first-order chi connectivity index (χ1) is 14.8. The molecule has 1 aromatic heterocycles. The van der Waals surface area contributed by atoms with Crippen LogP contribution in [0, 0.1) is 11.3 Å². The lowest BCUT2D eigenvalue weighted by Gasteiger charge is -2.10. The van der Waals surface area contributed by atoms with E-state index in [1.165, 1.54) is 0 Å². The SMILES string of the molecule is N#CCc1ccc(Nc2nccc(Nc3ccc(Oc4ccccc4)cc3)n2)cc1. The van der Waals surface area contributed by atoms with E-state index in [4.69, 9.17) is 10.00 Å². The number of benzene rings is 3. The number of anilines is 4. The molecular weight excluding hydrogens is 374 g/mol. The van der Waals surface area contributed by atoms with Crippen molar-refractivity contribution in [3.63, 3.8) is 0 Å². The Labute approximate surface area is 174 Å². The standard InChI is InChI=1S/C24H19N5O/c25-16-14-18-6-8-20(9-7-18)28-24-26-17-15-23(29-24)27-19-10-12-22(13-11-19)30-21-4-2-1-3-5-21/h1-13,15,17H,14H2,(H2,26,27,28,29). The molecule has 2 N–H and O–H groups in total. The van der Waals surface area contributed by atoms with Crippen LogP contribution in [0.4, 0.5) is 23.1 Å². The number of aromatic nitrogens is 2. The smallest absolute Gasteiger partial charge is 0.229 e. The number of hydrogen-bond donors (Lipinski definition) is 2. The fourth-order valence-electron chi connectivity index (χ4n) is 2.79. The lowest BCUT2D eigenvalue weighted by atomic mass is 10.1. The summed E-state index contributed by atoms with van der Waals surface area (Å²) in [6.07, 6.45) is 2.08. The Balaban J connectivity index is 1.39. The predicted molar refractivity (Wildman–Crippen MR) is 117 cm³/mol. The highest BCUT2D eigenvalue weighted by Gasteiger charge is 2.03. The summed E-state index contributed by atoms with van der Waals surface area (Å²) in [5.74, 6) is 2.71. The monoisotopic (exact) mass is 393 g/mol. The highest BCUT2D eigenvalue weighted by molar-refractivity contribution is 5.60. The first-order valence-corrected chi connectivity index (χ1v) is 9.44. The molecule has 0 saturated heterocycles. The van der Waals surface area contributed by atoms with Crippen molar-refractivity contribution >= 4 is 23.1 Å². The zero-order chi connectivity index (χ0) is 20.6. The normalized spacial score (nSPS) is 10.1. The Morgan fingerprint density at radius 2 is 1.43 bits per heavy atom. The highest BCUT2D eigenvalue weighted by Crippen LogP contribution is 2.24. The molecule has 0 amide bonds. The minimum Gasteiger partial charge on any atom is -0.457 e. The van der Waals surface area contributed by atoms with Gasteiger partial charge in [-0.25, -0.2) is 4.98 Å². The average Bonchev–Trinajstić information content (AvgIpc) is 2.78. The average molecular weight is 393 g/mol. The molecular formula is C24H19N5O. The molecule has 0 fully saturated rings. The molecule has 0 aliphatic carbocycles. The van der Waals surface area contributed by atoms with Gasteiger partial charge < -0.3 is 15.4 Å². The van der Waals surface area contributed by atoms with Gasteiger partial charge in [-0.15, -0.1) is 0 Å². The molecule has 3 aromatic carbocycles. The van der Waals surface area contributed by atoms with Crippen LogP contribution < -0.4 is 15.4 Å². The molecule has 30 heavy (non-hydrogen) atoms. The van der Waals surface area contributed by atoms with E-state index in [0.29, 0.717) is 18.2 Å². The quantitative estimate of drug-likeness (QED) is 0.411. The van der Waals surface area contributed by atoms with Crippen LogP contribution in [0.25, 0.3) is 0 Å². The Kier molecular flexibility index (Phi) is 5.83. The van der Waals surface area contributed by atoms with Gasteiger partial charge in [-0.1, -0.05) is 30.3 Å². The first kappa shape index (κ1) is 19.0. The van der Waals surface area contributed by atoms with Crippen LogP contribution in [0.3, 0.4) is 0 Å². The third-order valence-electron chi connectivity index (χ3n) is 4.25. The second kappa shape index (κ2) is 9.22. The van der Waals surface area contributed by atoms with Crippen LogP contribution in [0.5, 0.6) is 11.5 Å². The van der Waals surface area contributed by atoms with Crippen molar-refractivity contribution < 1.29 is 4.74 Å². The Morgan fingerprint density at radius 1 is 0.767 bits per heavy atom. The lowest BCUT2D eigenvalue weighted by molar-refractivity contribution is 0.483. The topological polar surface area (TPSA) is 82.9 Å². The van der Waals surface area contributed by atoms with E-state index >= 15 is 0 Å². The van der Waals surface area contributed by atoms with Crippen molar-refractivity contribution in [2.45, 2.75) is 6.42 Å². The van der Waals surface area contributed by atoms with Gasteiger partial charge in [0, 0.05) is 17.6 Å². The Bertz CT molecular complexity index is 1140. The summed E-state index contributed by atoms with van der Waals surface area (Å²) in [6.45, 7) is 0. The second-order valence-corrected chi connectivity index (χ2v) is 6.49. The number of nitrogens with zero attached hydrogens (tertiary/aromatic N) is 3. The van der Waals surface area contributed by atoms with Gasteiger partial charge in [-0.3, -0.25) is 0 Å². The van der Waals surface area contributed by atoms with Gasteiger partial charge in [0.1, 0.15) is 17.3 Å². The maximum absolute atomic E-state index is 8.76.